The van der Waals surface area contributed by atoms with Crippen LogP contribution >= 0.6 is 0 Å². The third kappa shape index (κ3) is 3.18. The lowest BCUT2D eigenvalue weighted by Crippen LogP contribution is -2.23. The molecular weight excluding hydrogens is 368 g/mol. The van der Waals surface area contributed by atoms with Crippen molar-refractivity contribution in [2.75, 3.05) is 4.72 Å². The molecule has 0 radical (unpaired) electrons. The zero-order valence-electron chi connectivity index (χ0n) is 15.8. The summed E-state index contributed by atoms with van der Waals surface area (Å²) in [5, 5.41) is 3.69. The first-order valence-corrected chi connectivity index (χ1v) is 9.96. The first-order valence-electron chi connectivity index (χ1n) is 8.48. The second kappa shape index (κ2) is 6.73. The summed E-state index contributed by atoms with van der Waals surface area (Å²) in [6.45, 7) is 6.86. The van der Waals surface area contributed by atoms with Crippen LogP contribution in [0.3, 0.4) is 0 Å². The van der Waals surface area contributed by atoms with E-state index in [0.717, 1.165) is 0 Å². The van der Waals surface area contributed by atoms with Gasteiger partial charge < -0.3 is 4.52 Å². The first-order chi connectivity index (χ1) is 12.6. The predicted octanol–water partition coefficient (Wildman–Crippen LogP) is 2.71. The molecule has 0 unspecified atom stereocenters. The summed E-state index contributed by atoms with van der Waals surface area (Å²) in [5.41, 5.74) is 1.05. The smallest absolute Gasteiger partial charge is 0.296 e. The number of sulfonamides is 1. The Morgan fingerprint density at radius 2 is 1.78 bits per heavy atom. The summed E-state index contributed by atoms with van der Waals surface area (Å²) in [7, 11) is -2.29. The number of para-hydroxylation sites is 1. The molecule has 0 spiro atoms. The van der Waals surface area contributed by atoms with Crippen molar-refractivity contribution >= 4 is 15.7 Å². The van der Waals surface area contributed by atoms with Crippen LogP contribution in [0.15, 0.2) is 44.5 Å². The van der Waals surface area contributed by atoms with E-state index in [1.165, 1.54) is 11.6 Å². The molecule has 2 heterocycles. The van der Waals surface area contributed by atoms with Crippen LogP contribution in [0.25, 0.3) is 5.69 Å². The molecule has 3 rings (SSSR count). The van der Waals surface area contributed by atoms with Crippen molar-refractivity contribution in [1.29, 1.82) is 0 Å². The number of hydrogen-bond donors (Lipinski definition) is 1. The number of hydrogen-bond acceptors (Lipinski definition) is 5. The van der Waals surface area contributed by atoms with E-state index in [9.17, 15) is 13.2 Å². The van der Waals surface area contributed by atoms with Crippen LogP contribution in [-0.4, -0.2) is 22.9 Å². The van der Waals surface area contributed by atoms with Crippen molar-refractivity contribution in [3.63, 3.8) is 0 Å². The van der Waals surface area contributed by atoms with Gasteiger partial charge >= 0.3 is 0 Å². The maximum Gasteiger partial charge on any atom is 0.296 e. The second-order valence-corrected chi connectivity index (χ2v) is 8.27. The van der Waals surface area contributed by atoms with Gasteiger partial charge in [-0.25, -0.2) is 13.1 Å². The molecule has 3 aromatic rings. The first kappa shape index (κ1) is 19.0. The summed E-state index contributed by atoms with van der Waals surface area (Å²) in [5.74, 6) is 0.0837. The van der Waals surface area contributed by atoms with Gasteiger partial charge in [-0.15, -0.1) is 0 Å². The Bertz CT molecular complexity index is 1120. The maximum absolute atomic E-state index is 13.1. The van der Waals surface area contributed by atoms with Crippen LogP contribution in [0, 0.1) is 13.8 Å². The standard InChI is InChI=1S/C18H22N4O4S/c1-11(2)16-15(20-27(24,25)17-12(3)19-26-13(17)4)18(23)22(21(16)5)14-9-7-6-8-10-14/h6-11,20H,1-5H3. The van der Waals surface area contributed by atoms with Crippen molar-refractivity contribution < 1.29 is 12.9 Å². The molecule has 2 aromatic heterocycles. The minimum atomic E-state index is -4.03. The quantitative estimate of drug-likeness (QED) is 0.722. The summed E-state index contributed by atoms with van der Waals surface area (Å²) in [4.78, 5) is 13.1. The number of aryl methyl sites for hydroxylation is 2. The lowest BCUT2D eigenvalue weighted by atomic mass is 10.1. The lowest BCUT2D eigenvalue weighted by Gasteiger charge is -2.13. The van der Waals surface area contributed by atoms with E-state index in [-0.39, 0.29) is 28.0 Å². The molecule has 27 heavy (non-hydrogen) atoms. The van der Waals surface area contributed by atoms with Gasteiger partial charge in [0.1, 0.15) is 11.4 Å². The van der Waals surface area contributed by atoms with Gasteiger partial charge in [0.25, 0.3) is 15.6 Å². The number of aromatic nitrogens is 3. The highest BCUT2D eigenvalue weighted by atomic mass is 32.2. The van der Waals surface area contributed by atoms with Crippen LogP contribution < -0.4 is 10.3 Å². The van der Waals surface area contributed by atoms with Crippen LogP contribution in [0.4, 0.5) is 5.69 Å². The maximum atomic E-state index is 13.1. The Kier molecular flexibility index (Phi) is 4.73. The van der Waals surface area contributed by atoms with Gasteiger partial charge in [-0.2, -0.15) is 0 Å². The Morgan fingerprint density at radius 3 is 2.30 bits per heavy atom. The van der Waals surface area contributed by atoms with Crippen molar-refractivity contribution in [3.8, 4) is 5.69 Å². The Balaban J connectivity index is 2.21. The molecule has 9 heteroatoms. The number of anilines is 1. The molecule has 0 atom stereocenters. The van der Waals surface area contributed by atoms with Gasteiger partial charge in [0.15, 0.2) is 10.7 Å². The van der Waals surface area contributed by atoms with Crippen LogP contribution in [-0.2, 0) is 17.1 Å². The largest absolute Gasteiger partial charge is 0.360 e. The van der Waals surface area contributed by atoms with E-state index in [0.29, 0.717) is 11.4 Å². The second-order valence-electron chi connectivity index (χ2n) is 6.65. The van der Waals surface area contributed by atoms with Crippen molar-refractivity contribution in [2.24, 2.45) is 7.05 Å². The zero-order chi connectivity index (χ0) is 19.9. The van der Waals surface area contributed by atoms with E-state index in [4.69, 9.17) is 4.52 Å². The summed E-state index contributed by atoms with van der Waals surface area (Å²) >= 11 is 0. The molecular formula is C18H22N4O4S. The third-order valence-electron chi connectivity index (χ3n) is 4.33. The minimum Gasteiger partial charge on any atom is -0.360 e. The fourth-order valence-corrected chi connectivity index (χ4v) is 4.69. The average molecular weight is 390 g/mol. The number of nitrogens with zero attached hydrogens (tertiary/aromatic N) is 3. The van der Waals surface area contributed by atoms with Crippen molar-refractivity contribution in [2.45, 2.75) is 38.5 Å². The molecule has 1 aromatic carbocycles. The predicted molar refractivity (Wildman–Crippen MR) is 102 cm³/mol. The summed E-state index contributed by atoms with van der Waals surface area (Å²) in [6, 6.07) is 9.06. The molecule has 8 nitrogen and oxygen atoms in total. The third-order valence-corrected chi connectivity index (χ3v) is 5.92. The monoisotopic (exact) mass is 390 g/mol. The van der Waals surface area contributed by atoms with Gasteiger partial charge in [-0.05, 0) is 31.9 Å². The molecule has 1 N–H and O–H groups in total. The highest BCUT2D eigenvalue weighted by Gasteiger charge is 2.29. The van der Waals surface area contributed by atoms with Crippen LogP contribution in [0.5, 0.6) is 0 Å². The summed E-state index contributed by atoms with van der Waals surface area (Å²) in [6.07, 6.45) is 0. The topological polar surface area (TPSA) is 99.1 Å². The van der Waals surface area contributed by atoms with Crippen LogP contribution in [0.2, 0.25) is 0 Å². The van der Waals surface area contributed by atoms with E-state index in [1.807, 2.05) is 32.0 Å². The van der Waals surface area contributed by atoms with E-state index >= 15 is 0 Å². The van der Waals surface area contributed by atoms with Gasteiger partial charge in [0, 0.05) is 7.05 Å². The Hall–Kier alpha value is -2.81. The normalized spacial score (nSPS) is 11.9. The average Bonchev–Trinajstić information content (AvgIpc) is 3.05. The molecule has 0 saturated heterocycles. The lowest BCUT2D eigenvalue weighted by molar-refractivity contribution is 0.390. The van der Waals surface area contributed by atoms with E-state index in [2.05, 4.69) is 9.88 Å². The molecule has 0 aliphatic rings. The summed E-state index contributed by atoms with van der Waals surface area (Å²) < 4.78 is 36.4. The van der Waals surface area contributed by atoms with Gasteiger partial charge in [0.2, 0.25) is 0 Å². The molecule has 0 bridgehead atoms. The highest BCUT2D eigenvalue weighted by Crippen LogP contribution is 2.27. The van der Waals surface area contributed by atoms with Crippen LogP contribution in [0.1, 0.15) is 36.9 Å². The van der Waals surface area contributed by atoms with Crippen molar-refractivity contribution in [1.82, 2.24) is 14.5 Å². The molecule has 0 fully saturated rings. The fraction of sp³-hybridized carbons (Fsp3) is 0.333. The Labute approximate surface area is 157 Å². The van der Waals surface area contributed by atoms with Crippen molar-refractivity contribution in [3.05, 3.63) is 57.8 Å². The number of nitrogens with one attached hydrogen (secondary N) is 1. The number of rotatable bonds is 5. The SMILES string of the molecule is Cc1noc(C)c1S(=O)(=O)Nc1c(C(C)C)n(C)n(-c2ccccc2)c1=O. The molecule has 0 aliphatic heterocycles. The van der Waals surface area contributed by atoms with Gasteiger partial charge in [-0.3, -0.25) is 14.2 Å². The van der Waals surface area contributed by atoms with E-state index in [1.54, 1.807) is 30.8 Å². The van der Waals surface area contributed by atoms with Gasteiger partial charge in [0.05, 0.1) is 11.4 Å². The van der Waals surface area contributed by atoms with E-state index < -0.39 is 15.6 Å². The van der Waals surface area contributed by atoms with Gasteiger partial charge in [-0.1, -0.05) is 37.2 Å². The molecule has 0 saturated carbocycles. The molecule has 0 aliphatic carbocycles. The fourth-order valence-electron chi connectivity index (χ4n) is 3.28. The minimum absolute atomic E-state index is 0.0244. The Morgan fingerprint density at radius 1 is 1.15 bits per heavy atom. The number of benzene rings is 1. The molecule has 144 valence electrons. The molecule has 0 amide bonds. The zero-order valence-corrected chi connectivity index (χ0v) is 16.7. The highest BCUT2D eigenvalue weighted by molar-refractivity contribution is 7.92.